The smallest absolute Gasteiger partial charge is 0.264 e. The second kappa shape index (κ2) is 12.2. The minimum atomic E-state index is -0.809. The summed E-state index contributed by atoms with van der Waals surface area (Å²) in [5, 5.41) is 5.97. The van der Waals surface area contributed by atoms with Gasteiger partial charge >= 0.3 is 0 Å². The summed E-state index contributed by atoms with van der Waals surface area (Å²) in [6.45, 7) is 2.24. The van der Waals surface area contributed by atoms with Crippen LogP contribution >= 0.6 is 0 Å². The van der Waals surface area contributed by atoms with E-state index in [9.17, 15) is 9.59 Å². The normalized spacial score (nSPS) is 15.9. The monoisotopic (exact) mass is 418 g/mol. The number of hydrogen-bond acceptors (Lipinski definition) is 3. The lowest BCUT2D eigenvalue weighted by Crippen LogP contribution is -2.33. The predicted molar refractivity (Wildman–Crippen MR) is 127 cm³/mol. The van der Waals surface area contributed by atoms with Gasteiger partial charge in [0, 0.05) is 6.42 Å². The predicted octanol–water partition coefficient (Wildman–Crippen LogP) is 6.54. The largest absolute Gasteiger partial charge is 0.298 e. The molecule has 0 aromatic heterocycles. The van der Waals surface area contributed by atoms with Gasteiger partial charge in [0.1, 0.15) is 5.92 Å². The van der Waals surface area contributed by atoms with Gasteiger partial charge in [0.2, 0.25) is 0 Å². The Morgan fingerprint density at radius 2 is 1.35 bits per heavy atom. The molecule has 0 saturated carbocycles. The third-order valence-electron chi connectivity index (χ3n) is 5.86. The second-order valence-corrected chi connectivity index (χ2v) is 8.31. The van der Waals surface area contributed by atoms with Crippen molar-refractivity contribution in [2.24, 2.45) is 11.0 Å². The van der Waals surface area contributed by atoms with E-state index >= 15 is 0 Å². The zero-order valence-electron chi connectivity index (χ0n) is 18.6. The lowest BCUT2D eigenvalue weighted by molar-refractivity contribution is -0.129. The number of rotatable bonds is 13. The van der Waals surface area contributed by atoms with Gasteiger partial charge in [0.05, 0.1) is 11.4 Å². The first-order valence-electron chi connectivity index (χ1n) is 11.8. The van der Waals surface area contributed by atoms with Crippen LogP contribution in [0.1, 0.15) is 76.7 Å². The molecule has 1 atom stereocenters. The molecule has 0 radical (unpaired) electrons. The quantitative estimate of drug-likeness (QED) is 0.274. The fraction of sp³-hybridized carbons (Fsp3) is 0.444. The third-order valence-corrected chi connectivity index (χ3v) is 5.86. The molecule has 0 fully saturated rings. The average Bonchev–Trinajstić information content (AvgIpc) is 3.16. The van der Waals surface area contributed by atoms with Crippen LogP contribution in [0, 0.1) is 5.92 Å². The van der Waals surface area contributed by atoms with Crippen molar-refractivity contribution >= 4 is 23.1 Å². The Balaban J connectivity index is 1.58. The highest BCUT2D eigenvalue weighted by molar-refractivity contribution is 6.31. The van der Waals surface area contributed by atoms with Crippen molar-refractivity contribution in [3.05, 3.63) is 66.2 Å². The summed E-state index contributed by atoms with van der Waals surface area (Å²) in [6.07, 6.45) is 11.2. The van der Waals surface area contributed by atoms with Crippen molar-refractivity contribution in [3.63, 3.8) is 0 Å². The molecule has 0 N–H and O–H groups in total. The van der Waals surface area contributed by atoms with E-state index in [1.165, 1.54) is 43.5 Å². The van der Waals surface area contributed by atoms with E-state index in [4.69, 9.17) is 0 Å². The zero-order valence-corrected chi connectivity index (χ0v) is 18.6. The van der Waals surface area contributed by atoms with Crippen LogP contribution in [0.15, 0.2) is 65.8 Å². The number of carbonyl (C=O) groups excluding carboxylic acids is 2. The van der Waals surface area contributed by atoms with E-state index in [0.29, 0.717) is 17.8 Å². The summed E-state index contributed by atoms with van der Waals surface area (Å²) in [5.74, 6) is -1.07. The van der Waals surface area contributed by atoms with Gasteiger partial charge in [-0.05, 0) is 24.1 Å². The highest BCUT2D eigenvalue weighted by Crippen LogP contribution is 2.28. The topological polar surface area (TPSA) is 49.7 Å². The molecule has 31 heavy (non-hydrogen) atoms. The summed E-state index contributed by atoms with van der Waals surface area (Å²) in [6, 6.07) is 18.9. The van der Waals surface area contributed by atoms with E-state index in [0.717, 1.165) is 24.8 Å². The molecule has 1 unspecified atom stereocenters. The van der Waals surface area contributed by atoms with E-state index in [1.54, 1.807) is 0 Å². The van der Waals surface area contributed by atoms with Crippen LogP contribution in [-0.2, 0) is 9.59 Å². The molecule has 2 aromatic rings. The Hall–Kier alpha value is -2.75. The number of benzene rings is 2. The molecular weight excluding hydrogens is 384 g/mol. The summed E-state index contributed by atoms with van der Waals surface area (Å²) in [7, 11) is 0. The van der Waals surface area contributed by atoms with Crippen LogP contribution in [0.5, 0.6) is 0 Å². The number of hydrogen-bond donors (Lipinski definition) is 0. The SMILES string of the molecule is CCCCCCCCCCCC(=O)C1C(=O)N(c2ccccc2)N=C1c1ccccc1. The van der Waals surface area contributed by atoms with Crippen LogP contribution in [0.2, 0.25) is 0 Å². The molecule has 4 nitrogen and oxygen atoms in total. The molecule has 4 heteroatoms. The van der Waals surface area contributed by atoms with Gasteiger partial charge in [-0.2, -0.15) is 10.1 Å². The van der Waals surface area contributed by atoms with Crippen LogP contribution in [0.3, 0.4) is 0 Å². The molecule has 1 aliphatic heterocycles. The van der Waals surface area contributed by atoms with Crippen molar-refractivity contribution in [1.82, 2.24) is 0 Å². The maximum absolute atomic E-state index is 13.2. The molecule has 0 bridgehead atoms. The molecule has 1 aliphatic rings. The number of unbranched alkanes of at least 4 members (excludes halogenated alkanes) is 8. The van der Waals surface area contributed by atoms with E-state index in [1.807, 2.05) is 60.7 Å². The van der Waals surface area contributed by atoms with Gasteiger partial charge in [0.25, 0.3) is 5.91 Å². The maximum Gasteiger partial charge on any atom is 0.264 e. The van der Waals surface area contributed by atoms with Gasteiger partial charge in [-0.3, -0.25) is 9.59 Å². The van der Waals surface area contributed by atoms with Crippen LogP contribution in [0.25, 0.3) is 0 Å². The summed E-state index contributed by atoms with van der Waals surface area (Å²) in [5.41, 5.74) is 2.09. The van der Waals surface area contributed by atoms with E-state index < -0.39 is 5.92 Å². The Labute approximate surface area is 186 Å². The van der Waals surface area contributed by atoms with Crippen molar-refractivity contribution in [2.45, 2.75) is 71.1 Å². The Morgan fingerprint density at radius 3 is 1.97 bits per heavy atom. The number of Topliss-reactive ketones (excluding diaryl/α,β-unsaturated/α-hetero) is 1. The molecule has 0 saturated heterocycles. The van der Waals surface area contributed by atoms with Gasteiger partial charge < -0.3 is 0 Å². The van der Waals surface area contributed by atoms with Gasteiger partial charge in [-0.15, -0.1) is 0 Å². The highest BCUT2D eigenvalue weighted by Gasteiger charge is 2.41. The average molecular weight is 419 g/mol. The number of anilines is 1. The van der Waals surface area contributed by atoms with Gasteiger partial charge in [0.15, 0.2) is 5.78 Å². The number of nitrogens with zero attached hydrogens (tertiary/aromatic N) is 2. The number of para-hydroxylation sites is 1. The minimum absolute atomic E-state index is 0.0195. The lowest BCUT2D eigenvalue weighted by Gasteiger charge is -2.14. The fourth-order valence-corrected chi connectivity index (χ4v) is 4.09. The fourth-order valence-electron chi connectivity index (χ4n) is 4.09. The Morgan fingerprint density at radius 1 is 0.806 bits per heavy atom. The number of hydrazone groups is 1. The third kappa shape index (κ3) is 6.36. The molecule has 1 heterocycles. The molecule has 0 aliphatic carbocycles. The first kappa shape index (κ1) is 22.9. The molecular formula is C27H34N2O2. The molecule has 3 rings (SSSR count). The first-order chi connectivity index (χ1) is 15.2. The number of carbonyl (C=O) groups is 2. The van der Waals surface area contributed by atoms with E-state index in [-0.39, 0.29) is 11.7 Å². The minimum Gasteiger partial charge on any atom is -0.298 e. The molecule has 2 aromatic carbocycles. The molecule has 164 valence electrons. The standard InChI is InChI=1S/C27H34N2O2/c1-2-3-4-5-6-7-8-9-16-21-24(30)25-26(22-17-12-10-13-18-22)28-29(27(25)31)23-19-14-11-15-20-23/h10-15,17-20,25H,2-9,16,21H2,1H3. The second-order valence-electron chi connectivity index (χ2n) is 8.31. The zero-order chi connectivity index (χ0) is 21.9. The van der Waals surface area contributed by atoms with Gasteiger partial charge in [-0.1, -0.05) is 107 Å². The molecule has 0 spiro atoms. The Kier molecular flexibility index (Phi) is 9.01. The van der Waals surface area contributed by atoms with Crippen molar-refractivity contribution < 1.29 is 9.59 Å². The van der Waals surface area contributed by atoms with Crippen LogP contribution in [0.4, 0.5) is 5.69 Å². The van der Waals surface area contributed by atoms with Crippen LogP contribution in [-0.4, -0.2) is 17.4 Å². The molecule has 1 amide bonds. The Bertz CT molecular complexity index is 861. The van der Waals surface area contributed by atoms with Crippen molar-refractivity contribution in [1.29, 1.82) is 0 Å². The van der Waals surface area contributed by atoms with E-state index in [2.05, 4.69) is 12.0 Å². The highest BCUT2D eigenvalue weighted by atomic mass is 16.2. The number of amides is 1. The lowest BCUT2D eigenvalue weighted by atomic mass is 9.90. The van der Waals surface area contributed by atoms with Gasteiger partial charge in [-0.25, -0.2) is 0 Å². The maximum atomic E-state index is 13.2. The van der Waals surface area contributed by atoms with Crippen LogP contribution < -0.4 is 5.01 Å². The van der Waals surface area contributed by atoms with Crippen molar-refractivity contribution in [3.8, 4) is 0 Å². The summed E-state index contributed by atoms with van der Waals surface area (Å²) < 4.78 is 0. The summed E-state index contributed by atoms with van der Waals surface area (Å²) >= 11 is 0. The van der Waals surface area contributed by atoms with Crippen molar-refractivity contribution in [2.75, 3.05) is 5.01 Å². The summed E-state index contributed by atoms with van der Waals surface area (Å²) in [4.78, 5) is 26.3. The number of ketones is 1. The first-order valence-corrected chi connectivity index (χ1v) is 11.8.